The molecule has 32 heavy (non-hydrogen) atoms. The Kier molecular flexibility index (Phi) is 5.84. The van der Waals surface area contributed by atoms with Gasteiger partial charge in [0.1, 0.15) is 6.04 Å². The molecule has 2 aromatic carbocycles. The molecule has 0 spiro atoms. The van der Waals surface area contributed by atoms with Gasteiger partial charge in [0.2, 0.25) is 0 Å². The van der Waals surface area contributed by atoms with Crippen LogP contribution >= 0.6 is 23.2 Å². The molecule has 0 fully saturated rings. The number of benzene rings is 2. The number of carbonyl (C=O) groups is 3. The number of fused-ring (bicyclic) bond motifs is 3. The van der Waals surface area contributed by atoms with Crippen molar-refractivity contribution in [1.29, 1.82) is 0 Å². The molecule has 2 aromatic rings. The number of aryl methyl sites for hydroxylation is 1. The Morgan fingerprint density at radius 1 is 0.938 bits per heavy atom. The zero-order valence-corrected chi connectivity index (χ0v) is 19.0. The van der Waals surface area contributed by atoms with Gasteiger partial charge in [-0.2, -0.15) is 0 Å². The summed E-state index contributed by atoms with van der Waals surface area (Å²) in [5.74, 6) is -1.96. The summed E-state index contributed by atoms with van der Waals surface area (Å²) >= 11 is 12.3. The summed E-state index contributed by atoms with van der Waals surface area (Å²) in [6.07, 6.45) is 3.64. The van der Waals surface area contributed by atoms with Gasteiger partial charge in [0.05, 0.1) is 36.4 Å². The molecule has 164 valence electrons. The molecule has 2 aliphatic rings. The molecular formula is C24H19Cl2NO5. The summed E-state index contributed by atoms with van der Waals surface area (Å²) in [7, 11) is 2.43. The minimum Gasteiger partial charge on any atom is -0.466 e. The second-order valence-corrected chi connectivity index (χ2v) is 8.32. The highest BCUT2D eigenvalue weighted by molar-refractivity contribution is 6.37. The van der Waals surface area contributed by atoms with Gasteiger partial charge in [0, 0.05) is 16.3 Å². The lowest BCUT2D eigenvalue weighted by Crippen LogP contribution is -2.45. The number of halogens is 2. The van der Waals surface area contributed by atoms with Crippen molar-refractivity contribution in [2.24, 2.45) is 0 Å². The zero-order chi connectivity index (χ0) is 23.2. The van der Waals surface area contributed by atoms with Crippen molar-refractivity contribution in [1.82, 2.24) is 0 Å². The predicted octanol–water partition coefficient (Wildman–Crippen LogP) is 4.41. The van der Waals surface area contributed by atoms with Crippen molar-refractivity contribution in [3.05, 3.63) is 80.4 Å². The minimum absolute atomic E-state index is 0.0604. The van der Waals surface area contributed by atoms with Crippen LogP contribution in [-0.4, -0.2) is 44.0 Å². The maximum atomic E-state index is 13.8. The van der Waals surface area contributed by atoms with E-state index in [1.165, 1.54) is 26.4 Å². The Morgan fingerprint density at radius 3 is 2.28 bits per heavy atom. The lowest BCUT2D eigenvalue weighted by Gasteiger charge is -2.35. The van der Waals surface area contributed by atoms with Crippen molar-refractivity contribution < 1.29 is 23.9 Å². The van der Waals surface area contributed by atoms with E-state index in [4.69, 9.17) is 32.7 Å². The van der Waals surface area contributed by atoms with Gasteiger partial charge in [-0.25, -0.2) is 9.59 Å². The maximum Gasteiger partial charge on any atom is 0.336 e. The number of nitrogens with zero attached hydrogens (tertiary/aromatic N) is 1. The maximum absolute atomic E-state index is 13.8. The van der Waals surface area contributed by atoms with Crippen LogP contribution in [0.2, 0.25) is 10.0 Å². The zero-order valence-electron chi connectivity index (χ0n) is 17.5. The van der Waals surface area contributed by atoms with Gasteiger partial charge in [-0.3, -0.25) is 4.79 Å². The first-order chi connectivity index (χ1) is 15.3. The first-order valence-corrected chi connectivity index (χ1v) is 10.5. The molecule has 6 nitrogen and oxygen atoms in total. The van der Waals surface area contributed by atoms with E-state index >= 15 is 0 Å². The van der Waals surface area contributed by atoms with Crippen LogP contribution in [0.5, 0.6) is 0 Å². The summed E-state index contributed by atoms with van der Waals surface area (Å²) in [5.41, 5.74) is 2.76. The van der Waals surface area contributed by atoms with E-state index in [0.717, 1.165) is 11.1 Å². The Balaban J connectivity index is 1.97. The van der Waals surface area contributed by atoms with Crippen molar-refractivity contribution in [2.75, 3.05) is 19.1 Å². The van der Waals surface area contributed by atoms with Crippen molar-refractivity contribution in [3.63, 3.8) is 0 Å². The van der Waals surface area contributed by atoms with Gasteiger partial charge in [-0.1, -0.05) is 47.0 Å². The average molecular weight is 472 g/mol. The Bertz CT molecular complexity index is 1220. The first kappa shape index (κ1) is 22.1. The number of methoxy groups -OCH3 is 2. The van der Waals surface area contributed by atoms with Crippen LogP contribution in [0, 0.1) is 6.92 Å². The van der Waals surface area contributed by atoms with Gasteiger partial charge >= 0.3 is 11.9 Å². The highest BCUT2D eigenvalue weighted by atomic mass is 35.5. The third-order valence-corrected chi connectivity index (χ3v) is 6.16. The SMILES string of the molecule is COC(=O)C1=C(C(=O)OC)[C@@H]2C=Cc3cc(C)ccc3N2[C@H]1C(=O)c1ccc(Cl)cc1Cl. The summed E-state index contributed by atoms with van der Waals surface area (Å²) in [5, 5.41) is 0.517. The van der Waals surface area contributed by atoms with Crippen LogP contribution in [0.1, 0.15) is 21.5 Å². The fraction of sp³-hybridized carbons (Fsp3) is 0.208. The van der Waals surface area contributed by atoms with Crippen LogP contribution in [0.15, 0.2) is 53.6 Å². The van der Waals surface area contributed by atoms with Gasteiger partial charge in [0.15, 0.2) is 5.78 Å². The van der Waals surface area contributed by atoms with Gasteiger partial charge in [-0.05, 0) is 42.8 Å². The van der Waals surface area contributed by atoms with E-state index in [1.54, 1.807) is 17.0 Å². The van der Waals surface area contributed by atoms with E-state index < -0.39 is 29.8 Å². The summed E-state index contributed by atoms with van der Waals surface area (Å²) in [6, 6.07) is 8.40. The fourth-order valence-electron chi connectivity index (χ4n) is 4.23. The predicted molar refractivity (Wildman–Crippen MR) is 122 cm³/mol. The number of ether oxygens (including phenoxy) is 2. The Hall–Kier alpha value is -3.09. The number of hydrogen-bond donors (Lipinski definition) is 0. The number of ketones is 1. The first-order valence-electron chi connectivity index (χ1n) is 9.75. The number of anilines is 1. The highest BCUT2D eigenvalue weighted by Crippen LogP contribution is 2.43. The van der Waals surface area contributed by atoms with Gasteiger partial charge in [-0.15, -0.1) is 0 Å². The lowest BCUT2D eigenvalue weighted by atomic mass is 9.95. The molecule has 2 atom stereocenters. The van der Waals surface area contributed by atoms with Crippen LogP contribution in [0.25, 0.3) is 6.08 Å². The fourth-order valence-corrected chi connectivity index (χ4v) is 4.73. The topological polar surface area (TPSA) is 72.9 Å². The molecule has 0 saturated carbocycles. The molecule has 0 aromatic heterocycles. The monoisotopic (exact) mass is 471 g/mol. The molecule has 0 radical (unpaired) electrons. The average Bonchev–Trinajstić information content (AvgIpc) is 3.12. The second-order valence-electron chi connectivity index (χ2n) is 7.47. The van der Waals surface area contributed by atoms with Crippen LogP contribution in [0.4, 0.5) is 5.69 Å². The molecule has 0 amide bonds. The van der Waals surface area contributed by atoms with Crippen molar-refractivity contribution in [2.45, 2.75) is 19.0 Å². The second kappa shape index (κ2) is 8.45. The number of hydrogen-bond acceptors (Lipinski definition) is 6. The van der Waals surface area contributed by atoms with E-state index in [0.29, 0.717) is 10.7 Å². The van der Waals surface area contributed by atoms with E-state index in [1.807, 2.05) is 31.2 Å². The summed E-state index contributed by atoms with van der Waals surface area (Å²) in [4.78, 5) is 41.2. The van der Waals surface area contributed by atoms with Crippen molar-refractivity contribution >= 4 is 52.7 Å². The summed E-state index contributed by atoms with van der Waals surface area (Å²) < 4.78 is 9.94. The van der Waals surface area contributed by atoms with E-state index in [2.05, 4.69) is 0 Å². The summed E-state index contributed by atoms with van der Waals surface area (Å²) in [6.45, 7) is 1.96. The molecule has 0 aliphatic carbocycles. The molecule has 0 saturated heterocycles. The largest absolute Gasteiger partial charge is 0.466 e. The van der Waals surface area contributed by atoms with E-state index in [-0.39, 0.29) is 21.7 Å². The molecule has 8 heteroatoms. The lowest BCUT2D eigenvalue weighted by molar-refractivity contribution is -0.139. The number of carbonyl (C=O) groups excluding carboxylic acids is 3. The molecule has 0 unspecified atom stereocenters. The number of rotatable bonds is 4. The van der Waals surface area contributed by atoms with Crippen LogP contribution < -0.4 is 4.90 Å². The van der Waals surface area contributed by atoms with Crippen LogP contribution in [0.3, 0.4) is 0 Å². The van der Waals surface area contributed by atoms with Crippen molar-refractivity contribution in [3.8, 4) is 0 Å². The number of Topliss-reactive ketones (excluding diaryl/α,β-unsaturated/α-hetero) is 1. The number of esters is 2. The molecule has 0 bridgehead atoms. The minimum atomic E-state index is -1.15. The molecule has 4 rings (SSSR count). The quantitative estimate of drug-likeness (QED) is 0.485. The Labute approximate surface area is 195 Å². The van der Waals surface area contributed by atoms with E-state index in [9.17, 15) is 14.4 Å². The third-order valence-electron chi connectivity index (χ3n) is 5.61. The standard InChI is InChI=1S/C24H19Cl2NO5/c1-12-4-8-17-13(10-12)5-9-18-19(23(29)31-2)20(24(30)32-3)21(27(17)18)22(28)15-7-6-14(25)11-16(15)26/h4-11,18,21H,1-3H3/t18-,21+/m0/s1. The Morgan fingerprint density at radius 2 is 1.62 bits per heavy atom. The highest BCUT2D eigenvalue weighted by Gasteiger charge is 2.51. The molecular weight excluding hydrogens is 453 g/mol. The van der Waals surface area contributed by atoms with Crippen LogP contribution in [-0.2, 0) is 19.1 Å². The van der Waals surface area contributed by atoms with Gasteiger partial charge < -0.3 is 14.4 Å². The molecule has 2 heterocycles. The smallest absolute Gasteiger partial charge is 0.336 e. The molecule has 2 aliphatic heterocycles. The normalized spacial score (nSPS) is 18.8. The van der Waals surface area contributed by atoms with Gasteiger partial charge in [0.25, 0.3) is 0 Å². The third kappa shape index (κ3) is 3.49. The molecule has 0 N–H and O–H groups in total.